The summed E-state index contributed by atoms with van der Waals surface area (Å²) < 4.78 is 16.5. The molecule has 1 amide bonds. The lowest BCUT2D eigenvalue weighted by Crippen LogP contribution is -2.16. The van der Waals surface area contributed by atoms with Gasteiger partial charge in [0.1, 0.15) is 17.7 Å². The minimum atomic E-state index is -1.12. The van der Waals surface area contributed by atoms with Crippen LogP contribution in [0.25, 0.3) is 0 Å². The van der Waals surface area contributed by atoms with Crippen LogP contribution in [-0.4, -0.2) is 21.2 Å². The molecule has 0 bridgehead atoms. The number of hydrogen-bond acceptors (Lipinski definition) is 3. The zero-order valence-electron chi connectivity index (χ0n) is 13.9. The van der Waals surface area contributed by atoms with Crippen LogP contribution < -0.4 is 5.32 Å². The molecular formula is C17H20ClFN4O. The second-order valence-corrected chi connectivity index (χ2v) is 6.89. The lowest BCUT2D eigenvalue weighted by molar-refractivity contribution is -0.105. The van der Waals surface area contributed by atoms with Gasteiger partial charge in [-0.3, -0.25) is 9.48 Å². The van der Waals surface area contributed by atoms with E-state index in [1.54, 1.807) is 10.7 Å². The van der Waals surface area contributed by atoms with E-state index in [-0.39, 0.29) is 11.8 Å². The second-order valence-electron chi connectivity index (χ2n) is 6.48. The van der Waals surface area contributed by atoms with Crippen LogP contribution in [0.2, 0.25) is 5.02 Å². The van der Waals surface area contributed by atoms with Gasteiger partial charge >= 0.3 is 0 Å². The molecule has 128 valence electrons. The van der Waals surface area contributed by atoms with Crippen molar-refractivity contribution in [3.63, 3.8) is 0 Å². The molecule has 5 nitrogen and oxygen atoms in total. The van der Waals surface area contributed by atoms with Crippen molar-refractivity contribution < 1.29 is 9.18 Å². The van der Waals surface area contributed by atoms with Gasteiger partial charge in [-0.1, -0.05) is 25.4 Å². The maximum Gasteiger partial charge on any atom is 0.212 e. The first-order chi connectivity index (χ1) is 11.4. The van der Waals surface area contributed by atoms with Crippen LogP contribution in [0.5, 0.6) is 0 Å². The first kappa shape index (κ1) is 16.9. The summed E-state index contributed by atoms with van der Waals surface area (Å²) >= 11 is 6.29. The third kappa shape index (κ3) is 2.90. The molecule has 0 spiro atoms. The first-order valence-electron chi connectivity index (χ1n) is 7.97. The molecular weight excluding hydrogens is 331 g/mol. The van der Waals surface area contributed by atoms with E-state index in [2.05, 4.69) is 29.2 Å². The maximum atomic E-state index is 14.7. The quantitative estimate of drug-likeness (QED) is 0.851. The van der Waals surface area contributed by atoms with E-state index in [0.29, 0.717) is 35.8 Å². The molecule has 2 unspecified atom stereocenters. The number of alkyl halides is 1. The summed E-state index contributed by atoms with van der Waals surface area (Å²) in [4.78, 5) is 14.7. The summed E-state index contributed by atoms with van der Waals surface area (Å²) in [5.74, 6) is 0.607. The zero-order chi connectivity index (χ0) is 17.4. The number of anilines is 1. The van der Waals surface area contributed by atoms with Gasteiger partial charge < -0.3 is 5.32 Å². The van der Waals surface area contributed by atoms with Crippen molar-refractivity contribution in [2.75, 3.05) is 5.32 Å². The van der Waals surface area contributed by atoms with Gasteiger partial charge in [-0.2, -0.15) is 5.10 Å². The second kappa shape index (κ2) is 6.51. The Bertz CT molecular complexity index is 774. The number of rotatable bonds is 4. The molecule has 0 saturated carbocycles. The Hall–Kier alpha value is -1.95. The minimum absolute atomic E-state index is 0.0723. The maximum absolute atomic E-state index is 14.7. The average molecular weight is 351 g/mol. The predicted octanol–water partition coefficient (Wildman–Crippen LogP) is 3.90. The first-order valence-corrected chi connectivity index (χ1v) is 8.35. The largest absolute Gasteiger partial charge is 0.313 e. The van der Waals surface area contributed by atoms with Crippen LogP contribution in [0.3, 0.4) is 0 Å². The molecule has 1 aliphatic rings. The summed E-state index contributed by atoms with van der Waals surface area (Å²) in [6, 6.07) is 1.73. The fourth-order valence-corrected chi connectivity index (χ4v) is 3.88. The number of nitrogens with zero attached hydrogens (tertiary/aromatic N) is 3. The number of pyridine rings is 1. The number of carbonyl (C=O) groups is 1. The smallest absolute Gasteiger partial charge is 0.212 e. The highest BCUT2D eigenvalue weighted by atomic mass is 35.5. The minimum Gasteiger partial charge on any atom is -0.313 e. The van der Waals surface area contributed by atoms with E-state index in [0.717, 1.165) is 16.8 Å². The van der Waals surface area contributed by atoms with Crippen molar-refractivity contribution >= 4 is 23.8 Å². The molecule has 0 saturated heterocycles. The third-order valence-corrected chi connectivity index (χ3v) is 4.86. The summed E-state index contributed by atoms with van der Waals surface area (Å²) in [5.41, 5.74) is 3.40. The van der Waals surface area contributed by atoms with Crippen LogP contribution in [0.4, 0.5) is 10.2 Å². The molecule has 2 aromatic heterocycles. The fraction of sp³-hybridized carbons (Fsp3) is 0.471. The van der Waals surface area contributed by atoms with E-state index in [1.807, 2.05) is 7.05 Å². The van der Waals surface area contributed by atoms with Crippen LogP contribution in [-0.2, 0) is 18.3 Å². The molecule has 3 rings (SSSR count). The molecule has 0 aromatic carbocycles. The number of nitrogens with one attached hydrogen (secondary N) is 1. The predicted molar refractivity (Wildman–Crippen MR) is 91.1 cm³/mol. The number of aromatic nitrogens is 3. The molecule has 0 fully saturated rings. The summed E-state index contributed by atoms with van der Waals surface area (Å²) in [6.45, 7) is 4.17. The van der Waals surface area contributed by atoms with Gasteiger partial charge in [0.25, 0.3) is 0 Å². The molecule has 0 radical (unpaired) electrons. The zero-order valence-corrected chi connectivity index (χ0v) is 14.6. The van der Waals surface area contributed by atoms with Gasteiger partial charge in [-0.05, 0) is 36.3 Å². The Morgan fingerprint density at radius 1 is 1.50 bits per heavy atom. The van der Waals surface area contributed by atoms with E-state index in [4.69, 9.17) is 11.6 Å². The summed E-state index contributed by atoms with van der Waals surface area (Å²) in [5, 5.41) is 7.39. The molecule has 1 N–H and O–H groups in total. The third-order valence-electron chi connectivity index (χ3n) is 4.54. The van der Waals surface area contributed by atoms with E-state index in [1.165, 1.54) is 6.20 Å². The van der Waals surface area contributed by atoms with Crippen LogP contribution in [0.1, 0.15) is 60.8 Å². The topological polar surface area (TPSA) is 59.8 Å². The van der Waals surface area contributed by atoms with Gasteiger partial charge in [0.15, 0.2) is 0 Å². The number of carbonyl (C=O) groups excluding carboxylic acids is 1. The highest BCUT2D eigenvalue weighted by molar-refractivity contribution is 6.31. The molecule has 1 aliphatic carbocycles. The van der Waals surface area contributed by atoms with Crippen molar-refractivity contribution in [2.24, 2.45) is 7.05 Å². The van der Waals surface area contributed by atoms with Gasteiger partial charge in [0.2, 0.25) is 6.41 Å². The van der Waals surface area contributed by atoms with E-state index >= 15 is 0 Å². The lowest BCUT2D eigenvalue weighted by Gasteiger charge is -2.26. The van der Waals surface area contributed by atoms with Crippen molar-refractivity contribution in [1.29, 1.82) is 0 Å². The Kier molecular flexibility index (Phi) is 4.58. The molecule has 24 heavy (non-hydrogen) atoms. The van der Waals surface area contributed by atoms with Crippen LogP contribution >= 0.6 is 11.6 Å². The number of halogens is 2. The van der Waals surface area contributed by atoms with Crippen molar-refractivity contribution in [3.8, 4) is 0 Å². The number of amides is 1. The monoisotopic (exact) mass is 350 g/mol. The van der Waals surface area contributed by atoms with Crippen molar-refractivity contribution in [2.45, 2.75) is 44.7 Å². The lowest BCUT2D eigenvalue weighted by atomic mass is 9.80. The highest BCUT2D eigenvalue weighted by Gasteiger charge is 2.34. The van der Waals surface area contributed by atoms with E-state index in [9.17, 15) is 9.18 Å². The standard InChI is InChI=1S/C17H20ClFN4O/c1-9(2)17-12-4-10(5-14(19)16(12)22-23(17)3)11-6-15(21-8-24)20-7-13(11)18/h6-10,14H,4-5H2,1-3H3,(H,20,21,24). The van der Waals surface area contributed by atoms with Crippen LogP contribution in [0.15, 0.2) is 12.3 Å². The molecule has 2 aromatic rings. The summed E-state index contributed by atoms with van der Waals surface area (Å²) in [6.07, 6.45) is 1.95. The average Bonchev–Trinajstić information content (AvgIpc) is 2.86. The molecule has 0 aliphatic heterocycles. The van der Waals surface area contributed by atoms with Gasteiger partial charge in [0.05, 0.1) is 5.02 Å². The number of hydrogen-bond donors (Lipinski definition) is 1. The number of aryl methyl sites for hydroxylation is 1. The molecule has 7 heteroatoms. The SMILES string of the molecule is CC(C)c1c2c(nn1C)C(F)CC(c1cc(NC=O)ncc1Cl)C2. The Labute approximate surface area is 145 Å². The summed E-state index contributed by atoms with van der Waals surface area (Å²) in [7, 11) is 1.86. The number of fused-ring (bicyclic) bond motifs is 1. The highest BCUT2D eigenvalue weighted by Crippen LogP contribution is 2.44. The van der Waals surface area contributed by atoms with E-state index < -0.39 is 6.17 Å². The Balaban J connectivity index is 2.01. The van der Waals surface area contributed by atoms with Crippen molar-refractivity contribution in [1.82, 2.24) is 14.8 Å². The van der Waals surface area contributed by atoms with Crippen molar-refractivity contribution in [3.05, 3.63) is 39.8 Å². The Morgan fingerprint density at radius 2 is 2.25 bits per heavy atom. The fourth-order valence-electron chi connectivity index (χ4n) is 3.62. The van der Waals surface area contributed by atoms with Crippen LogP contribution in [0, 0.1) is 0 Å². The van der Waals surface area contributed by atoms with Gasteiger partial charge in [-0.15, -0.1) is 0 Å². The Morgan fingerprint density at radius 3 is 2.92 bits per heavy atom. The van der Waals surface area contributed by atoms with Gasteiger partial charge in [0, 0.05) is 24.5 Å². The molecule has 2 heterocycles. The molecule has 2 atom stereocenters. The van der Waals surface area contributed by atoms with Gasteiger partial charge in [-0.25, -0.2) is 9.37 Å². The normalized spacial score (nSPS) is 20.1.